The van der Waals surface area contributed by atoms with Crippen LogP contribution in [0.5, 0.6) is 5.75 Å². The van der Waals surface area contributed by atoms with Crippen LogP contribution in [0.4, 0.5) is 0 Å². The Labute approximate surface area is 153 Å². The standard InChI is InChI=1S/C20H26N2O2S/c1-14(2)21-12-20(23)22-10-8-19-16(9-11-25-19)17(22)13-24-18-7-5-4-6-15(18)3/h4-7,9,11,14,17,21H,8,10,12-13H2,1-3H3. The van der Waals surface area contributed by atoms with E-state index in [4.69, 9.17) is 4.74 Å². The van der Waals surface area contributed by atoms with Gasteiger partial charge in [-0.3, -0.25) is 4.79 Å². The van der Waals surface area contributed by atoms with Gasteiger partial charge in [0, 0.05) is 17.5 Å². The van der Waals surface area contributed by atoms with Crippen molar-refractivity contribution in [2.45, 2.75) is 39.3 Å². The second-order valence-corrected chi connectivity index (χ2v) is 7.76. The fraction of sp³-hybridized carbons (Fsp3) is 0.450. The Morgan fingerprint density at radius 1 is 1.36 bits per heavy atom. The zero-order chi connectivity index (χ0) is 17.8. The minimum atomic E-state index is -0.0175. The molecule has 1 atom stereocenters. The predicted octanol–water partition coefficient (Wildman–Crippen LogP) is 3.56. The molecule has 0 spiro atoms. The molecule has 2 heterocycles. The maximum atomic E-state index is 12.7. The minimum Gasteiger partial charge on any atom is -0.491 e. The average Bonchev–Trinajstić information content (AvgIpc) is 3.07. The van der Waals surface area contributed by atoms with E-state index in [1.54, 1.807) is 11.3 Å². The van der Waals surface area contributed by atoms with E-state index in [9.17, 15) is 4.79 Å². The van der Waals surface area contributed by atoms with E-state index in [0.717, 1.165) is 24.3 Å². The van der Waals surface area contributed by atoms with Gasteiger partial charge in [0.05, 0.1) is 12.6 Å². The van der Waals surface area contributed by atoms with E-state index in [-0.39, 0.29) is 11.9 Å². The Hall–Kier alpha value is -1.85. The Bertz CT molecular complexity index is 726. The van der Waals surface area contributed by atoms with Gasteiger partial charge in [-0.25, -0.2) is 0 Å². The molecule has 1 N–H and O–H groups in total. The van der Waals surface area contributed by atoms with Gasteiger partial charge in [-0.15, -0.1) is 11.3 Å². The second kappa shape index (κ2) is 8.02. The van der Waals surface area contributed by atoms with Crippen LogP contribution >= 0.6 is 11.3 Å². The lowest BCUT2D eigenvalue weighted by atomic mass is 10.0. The third kappa shape index (κ3) is 4.22. The van der Waals surface area contributed by atoms with Gasteiger partial charge in [0.15, 0.2) is 0 Å². The van der Waals surface area contributed by atoms with Gasteiger partial charge in [0.1, 0.15) is 12.4 Å². The molecule has 1 amide bonds. The molecule has 1 aromatic heterocycles. The third-order valence-electron chi connectivity index (χ3n) is 4.57. The molecule has 0 saturated heterocycles. The lowest BCUT2D eigenvalue weighted by Crippen LogP contribution is -2.46. The van der Waals surface area contributed by atoms with Crippen molar-refractivity contribution in [2.75, 3.05) is 19.7 Å². The molecule has 134 valence electrons. The molecule has 0 fully saturated rings. The van der Waals surface area contributed by atoms with Crippen LogP contribution in [0.3, 0.4) is 0 Å². The number of benzene rings is 1. The Morgan fingerprint density at radius 2 is 2.16 bits per heavy atom. The van der Waals surface area contributed by atoms with Crippen molar-refractivity contribution in [3.8, 4) is 5.75 Å². The van der Waals surface area contributed by atoms with Crippen LogP contribution in [0.1, 0.15) is 35.9 Å². The first-order chi connectivity index (χ1) is 12.1. The smallest absolute Gasteiger partial charge is 0.237 e. The molecule has 0 radical (unpaired) electrons. The van der Waals surface area contributed by atoms with Gasteiger partial charge in [0.2, 0.25) is 5.91 Å². The highest BCUT2D eigenvalue weighted by molar-refractivity contribution is 7.10. The van der Waals surface area contributed by atoms with Crippen molar-refractivity contribution >= 4 is 17.2 Å². The summed E-state index contributed by atoms with van der Waals surface area (Å²) in [6, 6.07) is 10.4. The number of fused-ring (bicyclic) bond motifs is 1. The summed E-state index contributed by atoms with van der Waals surface area (Å²) in [5, 5.41) is 5.35. The number of aryl methyl sites for hydroxylation is 1. The maximum Gasteiger partial charge on any atom is 0.237 e. The van der Waals surface area contributed by atoms with Gasteiger partial charge >= 0.3 is 0 Å². The van der Waals surface area contributed by atoms with Crippen molar-refractivity contribution in [3.05, 3.63) is 51.7 Å². The summed E-state index contributed by atoms with van der Waals surface area (Å²) in [5.74, 6) is 1.03. The normalized spacial score (nSPS) is 16.8. The Balaban J connectivity index is 1.76. The number of nitrogens with zero attached hydrogens (tertiary/aromatic N) is 1. The molecule has 1 aromatic carbocycles. The van der Waals surface area contributed by atoms with E-state index in [0.29, 0.717) is 19.2 Å². The molecule has 0 bridgehead atoms. The molecular formula is C20H26N2O2S. The highest BCUT2D eigenvalue weighted by atomic mass is 32.1. The van der Waals surface area contributed by atoms with Crippen molar-refractivity contribution < 1.29 is 9.53 Å². The van der Waals surface area contributed by atoms with Crippen molar-refractivity contribution in [1.82, 2.24) is 10.2 Å². The molecule has 0 saturated carbocycles. The van der Waals surface area contributed by atoms with Crippen LogP contribution in [0.25, 0.3) is 0 Å². The van der Waals surface area contributed by atoms with Gasteiger partial charge in [-0.2, -0.15) is 0 Å². The van der Waals surface area contributed by atoms with Crippen LogP contribution in [0.2, 0.25) is 0 Å². The predicted molar refractivity (Wildman–Crippen MR) is 102 cm³/mol. The number of ether oxygens (including phenoxy) is 1. The summed E-state index contributed by atoms with van der Waals surface area (Å²) >= 11 is 1.78. The molecule has 4 nitrogen and oxygen atoms in total. The summed E-state index contributed by atoms with van der Waals surface area (Å²) in [7, 11) is 0. The third-order valence-corrected chi connectivity index (χ3v) is 5.56. The molecule has 3 rings (SSSR count). The van der Waals surface area contributed by atoms with E-state index >= 15 is 0 Å². The summed E-state index contributed by atoms with van der Waals surface area (Å²) in [6.07, 6.45) is 0.932. The molecule has 2 aromatic rings. The zero-order valence-corrected chi connectivity index (χ0v) is 15.9. The van der Waals surface area contributed by atoms with Crippen LogP contribution in [-0.2, 0) is 11.2 Å². The molecule has 1 unspecified atom stereocenters. The van der Waals surface area contributed by atoms with Crippen molar-refractivity contribution in [1.29, 1.82) is 0 Å². The van der Waals surface area contributed by atoms with E-state index < -0.39 is 0 Å². The van der Waals surface area contributed by atoms with E-state index in [1.165, 1.54) is 10.4 Å². The van der Waals surface area contributed by atoms with Gasteiger partial charge in [0.25, 0.3) is 0 Å². The number of carbonyl (C=O) groups excluding carboxylic acids is 1. The second-order valence-electron chi connectivity index (χ2n) is 6.76. The molecule has 0 aliphatic carbocycles. The molecule has 1 aliphatic heterocycles. The summed E-state index contributed by atoms with van der Waals surface area (Å²) < 4.78 is 6.10. The number of rotatable bonds is 6. The first kappa shape index (κ1) is 18.0. The lowest BCUT2D eigenvalue weighted by molar-refractivity contribution is -0.134. The number of hydrogen-bond acceptors (Lipinski definition) is 4. The highest BCUT2D eigenvalue weighted by Gasteiger charge is 2.32. The van der Waals surface area contributed by atoms with Crippen LogP contribution < -0.4 is 10.1 Å². The van der Waals surface area contributed by atoms with Gasteiger partial charge in [-0.1, -0.05) is 32.0 Å². The van der Waals surface area contributed by atoms with Crippen LogP contribution in [-0.4, -0.2) is 36.5 Å². The quantitative estimate of drug-likeness (QED) is 0.858. The monoisotopic (exact) mass is 358 g/mol. The maximum absolute atomic E-state index is 12.7. The molecule has 5 heteroatoms. The minimum absolute atomic E-state index is 0.0175. The topological polar surface area (TPSA) is 41.6 Å². The first-order valence-electron chi connectivity index (χ1n) is 8.84. The van der Waals surface area contributed by atoms with Crippen LogP contribution in [0.15, 0.2) is 35.7 Å². The van der Waals surface area contributed by atoms with Crippen LogP contribution in [0, 0.1) is 6.92 Å². The van der Waals surface area contributed by atoms with Gasteiger partial charge < -0.3 is 15.0 Å². The van der Waals surface area contributed by atoms with E-state index in [1.807, 2.05) is 36.1 Å². The SMILES string of the molecule is Cc1ccccc1OCC1c2ccsc2CCN1C(=O)CNC(C)C. The first-order valence-corrected chi connectivity index (χ1v) is 9.71. The fourth-order valence-corrected chi connectivity index (χ4v) is 4.08. The Kier molecular flexibility index (Phi) is 5.76. The largest absolute Gasteiger partial charge is 0.491 e. The Morgan fingerprint density at radius 3 is 2.92 bits per heavy atom. The summed E-state index contributed by atoms with van der Waals surface area (Å²) in [4.78, 5) is 16.1. The molecular weight excluding hydrogens is 332 g/mol. The number of carbonyl (C=O) groups is 1. The number of thiophene rings is 1. The van der Waals surface area contributed by atoms with E-state index in [2.05, 4.69) is 30.6 Å². The number of hydrogen-bond donors (Lipinski definition) is 1. The van der Waals surface area contributed by atoms with Crippen molar-refractivity contribution in [3.63, 3.8) is 0 Å². The average molecular weight is 359 g/mol. The summed E-state index contributed by atoms with van der Waals surface area (Å²) in [5.41, 5.74) is 2.35. The lowest BCUT2D eigenvalue weighted by Gasteiger charge is -2.36. The fourth-order valence-electron chi connectivity index (χ4n) is 3.15. The summed E-state index contributed by atoms with van der Waals surface area (Å²) in [6.45, 7) is 7.77. The number of para-hydroxylation sites is 1. The van der Waals surface area contributed by atoms with Gasteiger partial charge in [-0.05, 0) is 42.0 Å². The molecule has 25 heavy (non-hydrogen) atoms. The highest BCUT2D eigenvalue weighted by Crippen LogP contribution is 2.34. The molecule has 1 aliphatic rings. The number of amides is 1. The zero-order valence-electron chi connectivity index (χ0n) is 15.1. The number of nitrogens with one attached hydrogen (secondary N) is 1. The van der Waals surface area contributed by atoms with Crippen molar-refractivity contribution in [2.24, 2.45) is 0 Å².